The first-order valence-electron chi connectivity index (χ1n) is 14.0. The molecule has 0 bridgehead atoms. The molecule has 39 heavy (non-hydrogen) atoms. The number of carbonyl (C=O) groups excluding carboxylic acids is 1. The first-order valence-corrected chi connectivity index (χ1v) is 14.0. The summed E-state index contributed by atoms with van der Waals surface area (Å²) in [6.45, 7) is 6.79. The maximum atomic E-state index is 13.3. The molecule has 0 saturated heterocycles. The van der Waals surface area contributed by atoms with Crippen LogP contribution in [0.1, 0.15) is 101 Å². The summed E-state index contributed by atoms with van der Waals surface area (Å²) >= 11 is 0. The number of amides is 1. The zero-order valence-corrected chi connectivity index (χ0v) is 23.0. The van der Waals surface area contributed by atoms with Gasteiger partial charge < -0.3 is 19.5 Å². The van der Waals surface area contributed by atoms with Gasteiger partial charge in [-0.25, -0.2) is 0 Å². The lowest BCUT2D eigenvalue weighted by Gasteiger charge is -2.36. The van der Waals surface area contributed by atoms with Crippen LogP contribution in [0, 0.1) is 11.8 Å². The van der Waals surface area contributed by atoms with E-state index in [9.17, 15) is 9.90 Å². The minimum Gasteiger partial charge on any atom is -0.491 e. The van der Waals surface area contributed by atoms with Gasteiger partial charge in [0.2, 0.25) is 5.91 Å². The van der Waals surface area contributed by atoms with E-state index in [0.29, 0.717) is 42.5 Å². The number of azide groups is 1. The van der Waals surface area contributed by atoms with Crippen LogP contribution in [0.5, 0.6) is 5.88 Å². The Labute approximate surface area is 228 Å². The van der Waals surface area contributed by atoms with Crippen molar-refractivity contribution in [2.75, 3.05) is 6.54 Å². The molecule has 2 N–H and O–H groups in total. The fourth-order valence-electron chi connectivity index (χ4n) is 6.09. The Morgan fingerprint density at radius 1 is 1.33 bits per heavy atom. The van der Waals surface area contributed by atoms with Gasteiger partial charge >= 0.3 is 0 Å². The molecule has 0 aliphatic heterocycles. The highest BCUT2D eigenvalue weighted by Crippen LogP contribution is 2.48. The summed E-state index contributed by atoms with van der Waals surface area (Å²) in [5.74, 6) is 3.18. The molecule has 2 fully saturated rings. The van der Waals surface area contributed by atoms with E-state index in [-0.39, 0.29) is 30.2 Å². The Hall–Kier alpha value is -3.59. The number of aromatic nitrogens is 4. The summed E-state index contributed by atoms with van der Waals surface area (Å²) in [5.41, 5.74) is 11.0. The molecule has 3 aliphatic carbocycles. The van der Waals surface area contributed by atoms with Gasteiger partial charge in [0, 0.05) is 48.2 Å². The number of hydrogen-bond acceptors (Lipinski definition) is 7. The Bertz CT molecular complexity index is 1290. The molecule has 11 heteroatoms. The molecular weight excluding hydrogens is 496 g/mol. The molecule has 208 valence electrons. The zero-order valence-electron chi connectivity index (χ0n) is 23.0. The van der Waals surface area contributed by atoms with E-state index in [2.05, 4.69) is 68.2 Å². The van der Waals surface area contributed by atoms with Gasteiger partial charge in [0.25, 0.3) is 5.88 Å². The number of nitrogens with one attached hydrogen (secondary N) is 1. The van der Waals surface area contributed by atoms with Gasteiger partial charge in [0.1, 0.15) is 17.4 Å². The normalized spacial score (nSPS) is 24.1. The molecule has 3 atom stereocenters. The lowest BCUT2D eigenvalue weighted by atomic mass is 9.71. The molecule has 3 unspecified atom stereocenters. The Kier molecular flexibility index (Phi) is 8.07. The van der Waals surface area contributed by atoms with E-state index in [0.717, 1.165) is 55.7 Å². The topological polar surface area (TPSA) is 155 Å². The van der Waals surface area contributed by atoms with Crippen molar-refractivity contribution in [1.29, 1.82) is 0 Å². The van der Waals surface area contributed by atoms with Gasteiger partial charge in [-0.2, -0.15) is 0 Å². The maximum absolute atomic E-state index is 13.3. The van der Waals surface area contributed by atoms with Crippen molar-refractivity contribution in [1.82, 2.24) is 25.2 Å². The van der Waals surface area contributed by atoms with E-state index in [1.807, 2.05) is 0 Å². The Morgan fingerprint density at radius 2 is 2.13 bits per heavy atom. The Morgan fingerprint density at radius 3 is 2.79 bits per heavy atom. The summed E-state index contributed by atoms with van der Waals surface area (Å²) in [5, 5.41) is 29.6. The largest absolute Gasteiger partial charge is 0.491 e. The molecule has 0 spiro atoms. The van der Waals surface area contributed by atoms with Crippen molar-refractivity contribution < 1.29 is 14.4 Å². The monoisotopic (exact) mass is 534 g/mol. The lowest BCUT2D eigenvalue weighted by molar-refractivity contribution is -0.122. The Balaban J connectivity index is 1.32. The fourth-order valence-corrected chi connectivity index (χ4v) is 6.09. The second kappa shape index (κ2) is 11.7. The van der Waals surface area contributed by atoms with Gasteiger partial charge in [-0.15, -0.1) is 10.2 Å². The highest BCUT2D eigenvalue weighted by atomic mass is 16.5. The summed E-state index contributed by atoms with van der Waals surface area (Å²) in [6.07, 6.45) is 11.0. The highest BCUT2D eigenvalue weighted by molar-refractivity contribution is 5.77. The first kappa shape index (κ1) is 27.0. The third-order valence-corrected chi connectivity index (χ3v) is 8.26. The minimum atomic E-state index is -0.260. The minimum absolute atomic E-state index is 0.0128. The van der Waals surface area contributed by atoms with Gasteiger partial charge in [-0.1, -0.05) is 35.3 Å². The SMILES string of the molecule is CC1=CCC(NC(=O)CC(Cc2cc(O)no2)c2nnc(C3CC(CC(C)CN=[N+]=[N-])C3)n2C2CC2)C(C)=C1. The van der Waals surface area contributed by atoms with Crippen molar-refractivity contribution in [3.05, 3.63) is 57.2 Å². The van der Waals surface area contributed by atoms with Crippen molar-refractivity contribution in [3.8, 4) is 5.88 Å². The number of hydrogen-bond donors (Lipinski definition) is 2. The average Bonchev–Trinajstić information content (AvgIpc) is 3.49. The van der Waals surface area contributed by atoms with Gasteiger partial charge in [-0.05, 0) is 74.9 Å². The third kappa shape index (κ3) is 6.53. The van der Waals surface area contributed by atoms with E-state index in [1.54, 1.807) is 0 Å². The molecule has 0 radical (unpaired) electrons. The number of allylic oxidation sites excluding steroid dienone is 2. The number of carbonyl (C=O) groups is 1. The van der Waals surface area contributed by atoms with Crippen molar-refractivity contribution >= 4 is 5.91 Å². The van der Waals surface area contributed by atoms with Crippen LogP contribution in [0.2, 0.25) is 0 Å². The molecule has 2 saturated carbocycles. The summed E-state index contributed by atoms with van der Waals surface area (Å²) in [7, 11) is 0. The van der Waals surface area contributed by atoms with Crippen LogP contribution in [0.25, 0.3) is 10.4 Å². The van der Waals surface area contributed by atoms with Crippen LogP contribution < -0.4 is 5.32 Å². The van der Waals surface area contributed by atoms with Crippen molar-refractivity contribution in [2.24, 2.45) is 17.0 Å². The van der Waals surface area contributed by atoms with Crippen LogP contribution in [0.4, 0.5) is 0 Å². The highest BCUT2D eigenvalue weighted by Gasteiger charge is 2.40. The molecule has 0 aromatic carbocycles. The number of rotatable bonds is 12. The van der Waals surface area contributed by atoms with Gasteiger partial charge in [-0.3, -0.25) is 4.79 Å². The number of aromatic hydroxyl groups is 1. The predicted octanol–water partition coefficient (Wildman–Crippen LogP) is 5.63. The van der Waals surface area contributed by atoms with Crippen molar-refractivity contribution in [2.45, 2.75) is 96.1 Å². The van der Waals surface area contributed by atoms with Crippen LogP contribution in [0.3, 0.4) is 0 Å². The van der Waals surface area contributed by atoms with Gasteiger partial charge in [0.05, 0.1) is 6.04 Å². The molecule has 3 aliphatic rings. The third-order valence-electron chi connectivity index (χ3n) is 8.26. The van der Waals surface area contributed by atoms with Crippen molar-refractivity contribution in [3.63, 3.8) is 0 Å². The molecule has 2 heterocycles. The van der Waals surface area contributed by atoms with E-state index < -0.39 is 0 Å². The molecule has 2 aromatic heterocycles. The van der Waals surface area contributed by atoms with Crippen LogP contribution in [-0.2, 0) is 11.2 Å². The lowest BCUT2D eigenvalue weighted by Crippen LogP contribution is -2.37. The zero-order chi connectivity index (χ0) is 27.5. The quantitative estimate of drug-likeness (QED) is 0.204. The van der Waals surface area contributed by atoms with E-state index >= 15 is 0 Å². The number of nitrogens with zero attached hydrogens (tertiary/aromatic N) is 7. The summed E-state index contributed by atoms with van der Waals surface area (Å²) in [4.78, 5) is 16.2. The average molecular weight is 535 g/mol. The smallest absolute Gasteiger partial charge is 0.251 e. The second-order valence-corrected chi connectivity index (χ2v) is 11.8. The summed E-state index contributed by atoms with van der Waals surface area (Å²) < 4.78 is 7.61. The molecular formula is C28H38N8O3. The fraction of sp³-hybridized carbons (Fsp3) is 0.643. The summed E-state index contributed by atoms with van der Waals surface area (Å²) in [6, 6.07) is 1.85. The molecule has 11 nitrogen and oxygen atoms in total. The first-order chi connectivity index (χ1) is 18.8. The van der Waals surface area contributed by atoms with Gasteiger partial charge in [0.15, 0.2) is 0 Å². The predicted molar refractivity (Wildman–Crippen MR) is 145 cm³/mol. The molecule has 2 aromatic rings. The van der Waals surface area contributed by atoms with Crippen LogP contribution in [-0.4, -0.2) is 43.5 Å². The molecule has 1 amide bonds. The van der Waals surface area contributed by atoms with Crippen LogP contribution >= 0.6 is 0 Å². The van der Waals surface area contributed by atoms with Crippen LogP contribution in [0.15, 0.2) is 39.0 Å². The van der Waals surface area contributed by atoms with E-state index in [4.69, 9.17) is 10.1 Å². The molecule has 5 rings (SSSR count). The maximum Gasteiger partial charge on any atom is 0.251 e. The standard InChI is InChI=1S/C28H38N8O3/c1-16-4-7-24(18(3)8-16)31-25(37)13-21(12-23-14-26(38)34-39-23)28-33-32-27(36(28)22-5-6-22)20-10-19(11-20)9-17(2)15-30-35-29/h4,8,14,17,19-22,24H,5-7,9-13,15H2,1-3H3,(H,31,37)(H,34,38). The second-order valence-electron chi connectivity index (χ2n) is 11.8. The van der Waals surface area contributed by atoms with E-state index in [1.165, 1.54) is 11.6 Å².